The third-order valence-corrected chi connectivity index (χ3v) is 4.33. The van der Waals surface area contributed by atoms with Crippen LogP contribution in [0.1, 0.15) is 31.2 Å². The topological polar surface area (TPSA) is 63.4 Å². The van der Waals surface area contributed by atoms with Gasteiger partial charge in [-0.3, -0.25) is 9.59 Å². The highest BCUT2D eigenvalue weighted by atomic mass is 19.1. The van der Waals surface area contributed by atoms with E-state index in [-0.39, 0.29) is 35.9 Å². The number of amides is 2. The molecule has 1 aliphatic carbocycles. The Morgan fingerprint density at radius 2 is 1.75 bits per heavy atom. The fraction of sp³-hybridized carbons (Fsp3) is 0.467. The Kier molecular flexibility index (Phi) is 3.30. The van der Waals surface area contributed by atoms with Crippen molar-refractivity contribution in [2.75, 3.05) is 4.90 Å². The number of halogens is 1. The van der Waals surface area contributed by atoms with E-state index in [1.165, 1.54) is 12.1 Å². The minimum atomic E-state index is -0.562. The Bertz CT molecular complexity index is 549. The minimum Gasteiger partial charge on any atom is -0.326 e. The van der Waals surface area contributed by atoms with Crippen LogP contribution in [0.15, 0.2) is 18.2 Å². The average Bonchev–Trinajstić information content (AvgIpc) is 2.72. The molecule has 1 aromatic carbocycles. The van der Waals surface area contributed by atoms with Crippen LogP contribution >= 0.6 is 0 Å². The lowest BCUT2D eigenvalue weighted by Crippen LogP contribution is -2.31. The molecule has 106 valence electrons. The standard InChI is InChI=1S/C15H17FN2O2/c16-12-7-9(8-17)5-6-13(12)18-14(19)10-3-1-2-4-11(10)15(18)20/h5-7,10-11H,1-4,8,17H2. The predicted molar refractivity (Wildman–Crippen MR) is 72.2 cm³/mol. The summed E-state index contributed by atoms with van der Waals surface area (Å²) < 4.78 is 14.1. The van der Waals surface area contributed by atoms with Crippen molar-refractivity contribution in [2.45, 2.75) is 32.2 Å². The highest BCUT2D eigenvalue weighted by Crippen LogP contribution is 2.40. The molecule has 2 amide bonds. The SMILES string of the molecule is NCc1ccc(N2C(=O)C3CCCCC3C2=O)c(F)c1. The van der Waals surface area contributed by atoms with Gasteiger partial charge in [0.2, 0.25) is 11.8 Å². The zero-order chi connectivity index (χ0) is 14.3. The lowest BCUT2D eigenvalue weighted by Gasteiger charge is -2.19. The van der Waals surface area contributed by atoms with Gasteiger partial charge in [0.1, 0.15) is 5.82 Å². The van der Waals surface area contributed by atoms with Crippen LogP contribution in [0, 0.1) is 17.7 Å². The molecule has 0 aromatic heterocycles. The first kappa shape index (κ1) is 13.2. The van der Waals surface area contributed by atoms with Crippen LogP contribution in [-0.4, -0.2) is 11.8 Å². The zero-order valence-corrected chi connectivity index (χ0v) is 11.1. The number of carbonyl (C=O) groups is 2. The number of carbonyl (C=O) groups excluding carboxylic acids is 2. The Balaban J connectivity index is 1.97. The van der Waals surface area contributed by atoms with Crippen molar-refractivity contribution in [1.29, 1.82) is 0 Å². The molecular weight excluding hydrogens is 259 g/mol. The molecule has 0 bridgehead atoms. The van der Waals surface area contributed by atoms with E-state index >= 15 is 0 Å². The number of anilines is 1. The molecule has 0 spiro atoms. The molecule has 2 fully saturated rings. The molecule has 3 rings (SSSR count). The maximum atomic E-state index is 14.1. The second-order valence-electron chi connectivity index (χ2n) is 5.50. The molecule has 1 aromatic rings. The predicted octanol–water partition coefficient (Wildman–Crippen LogP) is 1.96. The molecule has 20 heavy (non-hydrogen) atoms. The van der Waals surface area contributed by atoms with E-state index in [1.807, 2.05) is 0 Å². The summed E-state index contributed by atoms with van der Waals surface area (Å²) in [6.45, 7) is 0.227. The first-order chi connectivity index (χ1) is 9.63. The summed E-state index contributed by atoms with van der Waals surface area (Å²) in [5.41, 5.74) is 6.16. The normalized spacial score (nSPS) is 26.0. The van der Waals surface area contributed by atoms with E-state index in [1.54, 1.807) is 6.07 Å². The van der Waals surface area contributed by atoms with Crippen molar-refractivity contribution in [1.82, 2.24) is 0 Å². The maximum Gasteiger partial charge on any atom is 0.237 e. The van der Waals surface area contributed by atoms with Gasteiger partial charge in [-0.25, -0.2) is 9.29 Å². The summed E-state index contributed by atoms with van der Waals surface area (Å²) in [7, 11) is 0. The van der Waals surface area contributed by atoms with Gasteiger partial charge in [0.25, 0.3) is 0 Å². The number of hydrogen-bond acceptors (Lipinski definition) is 3. The fourth-order valence-electron chi connectivity index (χ4n) is 3.26. The van der Waals surface area contributed by atoms with E-state index in [9.17, 15) is 14.0 Å². The molecule has 2 unspecified atom stereocenters. The van der Waals surface area contributed by atoms with Crippen molar-refractivity contribution in [2.24, 2.45) is 17.6 Å². The number of fused-ring (bicyclic) bond motifs is 1. The highest BCUT2D eigenvalue weighted by molar-refractivity contribution is 6.22. The van der Waals surface area contributed by atoms with Crippen LogP contribution < -0.4 is 10.6 Å². The van der Waals surface area contributed by atoms with Gasteiger partial charge in [-0.2, -0.15) is 0 Å². The Morgan fingerprint density at radius 3 is 2.25 bits per heavy atom. The monoisotopic (exact) mass is 276 g/mol. The van der Waals surface area contributed by atoms with Crippen LogP contribution in [0.2, 0.25) is 0 Å². The first-order valence-electron chi connectivity index (χ1n) is 7.00. The largest absolute Gasteiger partial charge is 0.326 e. The van der Waals surface area contributed by atoms with E-state index in [0.717, 1.165) is 30.6 Å². The molecule has 2 atom stereocenters. The van der Waals surface area contributed by atoms with Crippen molar-refractivity contribution < 1.29 is 14.0 Å². The van der Waals surface area contributed by atoms with Crippen molar-refractivity contribution in [3.63, 3.8) is 0 Å². The van der Waals surface area contributed by atoms with E-state index in [4.69, 9.17) is 5.73 Å². The summed E-state index contributed by atoms with van der Waals surface area (Å²) in [5.74, 6) is -1.58. The molecule has 4 nitrogen and oxygen atoms in total. The van der Waals surface area contributed by atoms with E-state index in [0.29, 0.717) is 5.56 Å². The number of hydrogen-bond donors (Lipinski definition) is 1. The summed E-state index contributed by atoms with van der Waals surface area (Å²) in [4.78, 5) is 25.8. The average molecular weight is 276 g/mol. The number of imide groups is 1. The number of nitrogens with zero attached hydrogens (tertiary/aromatic N) is 1. The molecule has 5 heteroatoms. The molecule has 1 aliphatic heterocycles. The minimum absolute atomic E-state index is 0.0617. The smallest absolute Gasteiger partial charge is 0.237 e. The Hall–Kier alpha value is -1.75. The van der Waals surface area contributed by atoms with Gasteiger partial charge in [-0.15, -0.1) is 0 Å². The van der Waals surface area contributed by atoms with Gasteiger partial charge >= 0.3 is 0 Å². The van der Waals surface area contributed by atoms with Crippen LogP contribution in [-0.2, 0) is 16.1 Å². The maximum absolute atomic E-state index is 14.1. The van der Waals surface area contributed by atoms with Gasteiger partial charge < -0.3 is 5.73 Å². The molecule has 0 radical (unpaired) electrons. The van der Waals surface area contributed by atoms with Crippen molar-refractivity contribution in [3.8, 4) is 0 Å². The molecule has 1 saturated heterocycles. The van der Waals surface area contributed by atoms with Crippen LogP contribution in [0.5, 0.6) is 0 Å². The molecule has 1 saturated carbocycles. The van der Waals surface area contributed by atoms with Crippen molar-refractivity contribution in [3.05, 3.63) is 29.6 Å². The first-order valence-corrected chi connectivity index (χ1v) is 7.00. The van der Waals surface area contributed by atoms with E-state index in [2.05, 4.69) is 0 Å². The third-order valence-electron chi connectivity index (χ3n) is 4.33. The second-order valence-corrected chi connectivity index (χ2v) is 5.50. The van der Waals surface area contributed by atoms with Crippen LogP contribution in [0.4, 0.5) is 10.1 Å². The summed E-state index contributed by atoms with van der Waals surface area (Å²) in [6.07, 6.45) is 3.38. The lowest BCUT2D eigenvalue weighted by atomic mass is 9.81. The van der Waals surface area contributed by atoms with E-state index < -0.39 is 5.82 Å². The van der Waals surface area contributed by atoms with Gasteiger partial charge in [0, 0.05) is 6.54 Å². The summed E-state index contributed by atoms with van der Waals surface area (Å²) >= 11 is 0. The number of nitrogens with two attached hydrogens (primary N) is 1. The highest BCUT2D eigenvalue weighted by Gasteiger charge is 2.49. The lowest BCUT2D eigenvalue weighted by molar-refractivity contribution is -0.122. The molecule has 1 heterocycles. The van der Waals surface area contributed by atoms with Gasteiger partial charge in [-0.1, -0.05) is 18.9 Å². The quantitative estimate of drug-likeness (QED) is 0.840. The van der Waals surface area contributed by atoms with Gasteiger partial charge in [-0.05, 0) is 30.5 Å². The van der Waals surface area contributed by atoms with Crippen molar-refractivity contribution >= 4 is 17.5 Å². The van der Waals surface area contributed by atoms with Gasteiger partial charge in [0.05, 0.1) is 17.5 Å². The Morgan fingerprint density at radius 1 is 1.15 bits per heavy atom. The summed E-state index contributed by atoms with van der Waals surface area (Å²) in [5, 5.41) is 0. The second kappa shape index (κ2) is 4.98. The summed E-state index contributed by atoms with van der Waals surface area (Å²) in [6, 6.07) is 4.42. The molecule has 2 aliphatic rings. The van der Waals surface area contributed by atoms with Gasteiger partial charge in [0.15, 0.2) is 0 Å². The van der Waals surface area contributed by atoms with Crippen LogP contribution in [0.25, 0.3) is 0 Å². The number of benzene rings is 1. The zero-order valence-electron chi connectivity index (χ0n) is 11.1. The molecular formula is C15H17FN2O2. The third kappa shape index (κ3) is 1.93. The number of rotatable bonds is 2. The fourth-order valence-corrected chi connectivity index (χ4v) is 3.26. The van der Waals surface area contributed by atoms with Crippen LogP contribution in [0.3, 0.4) is 0 Å². The Labute approximate surface area is 116 Å². The molecule has 2 N–H and O–H groups in total.